The van der Waals surface area contributed by atoms with Crippen LogP contribution in [0.4, 0.5) is 0 Å². The predicted molar refractivity (Wildman–Crippen MR) is 76.0 cm³/mol. The van der Waals surface area contributed by atoms with Crippen molar-refractivity contribution in [1.82, 2.24) is 25.1 Å². The summed E-state index contributed by atoms with van der Waals surface area (Å²) in [7, 11) is 0. The van der Waals surface area contributed by atoms with Crippen LogP contribution < -0.4 is 0 Å². The summed E-state index contributed by atoms with van der Waals surface area (Å²) in [4.78, 5) is 14.1. The summed E-state index contributed by atoms with van der Waals surface area (Å²) in [5.74, 6) is 0.483. The van der Waals surface area contributed by atoms with E-state index in [0.29, 0.717) is 10.9 Å². The fourth-order valence-electron chi connectivity index (χ4n) is 1.98. The Bertz CT molecular complexity index is 408. The van der Waals surface area contributed by atoms with Crippen LogP contribution in [0.15, 0.2) is 5.16 Å². The number of aromatic nitrogens is 4. The van der Waals surface area contributed by atoms with E-state index in [1.54, 1.807) is 4.68 Å². The zero-order valence-electron chi connectivity index (χ0n) is 12.5. The zero-order valence-corrected chi connectivity index (χ0v) is 13.3. The van der Waals surface area contributed by atoms with Gasteiger partial charge in [-0.1, -0.05) is 11.8 Å². The van der Waals surface area contributed by atoms with Crippen molar-refractivity contribution in [3.8, 4) is 0 Å². The molecule has 7 heteroatoms. The first kappa shape index (κ1) is 15.9. The Balaban J connectivity index is 2.65. The average molecular weight is 285 g/mol. The first-order chi connectivity index (χ1) is 8.84. The molecule has 0 radical (unpaired) electrons. The molecule has 0 unspecified atom stereocenters. The van der Waals surface area contributed by atoms with Crippen LogP contribution >= 0.6 is 11.8 Å². The highest BCUT2D eigenvalue weighted by molar-refractivity contribution is 7.99. The Hall–Kier alpha value is -1.11. The fraction of sp³-hybridized carbons (Fsp3) is 0.833. The lowest BCUT2D eigenvalue weighted by Crippen LogP contribution is -2.43. The van der Waals surface area contributed by atoms with E-state index in [9.17, 15) is 4.79 Å². The lowest BCUT2D eigenvalue weighted by atomic mass is 10.2. The van der Waals surface area contributed by atoms with Crippen molar-refractivity contribution in [2.75, 3.05) is 5.75 Å². The van der Waals surface area contributed by atoms with Crippen molar-refractivity contribution in [3.05, 3.63) is 0 Å². The summed E-state index contributed by atoms with van der Waals surface area (Å²) < 4.78 is 1.73. The molecule has 0 spiro atoms. The smallest absolute Gasteiger partial charge is 0.233 e. The molecule has 0 atom stereocenters. The third-order valence-corrected chi connectivity index (χ3v) is 3.60. The van der Waals surface area contributed by atoms with E-state index in [0.717, 1.165) is 0 Å². The van der Waals surface area contributed by atoms with Gasteiger partial charge in [0.2, 0.25) is 11.1 Å². The maximum atomic E-state index is 12.2. The molecule has 0 saturated carbocycles. The molecule has 0 N–H and O–H groups in total. The van der Waals surface area contributed by atoms with Crippen molar-refractivity contribution in [1.29, 1.82) is 0 Å². The van der Waals surface area contributed by atoms with E-state index < -0.39 is 0 Å². The highest BCUT2D eigenvalue weighted by atomic mass is 32.2. The Morgan fingerprint density at radius 2 is 1.79 bits per heavy atom. The molecule has 0 saturated heterocycles. The predicted octanol–water partition coefficient (Wildman–Crippen LogP) is 1.99. The van der Waals surface area contributed by atoms with E-state index in [1.165, 1.54) is 11.8 Å². The molecule has 108 valence electrons. The SMILES string of the molecule is CC(C)N(C(=O)CSc1nnnn1C(C)C)C(C)C. The lowest BCUT2D eigenvalue weighted by molar-refractivity contribution is -0.131. The van der Waals surface area contributed by atoms with Crippen LogP contribution in [0, 0.1) is 0 Å². The standard InChI is InChI=1S/C12H23N5OS/c1-8(2)16(9(3)4)11(18)7-19-12-13-14-15-17(12)10(5)6/h8-10H,7H2,1-6H3. The van der Waals surface area contributed by atoms with Crippen LogP contribution in [0.1, 0.15) is 47.6 Å². The molecule has 19 heavy (non-hydrogen) atoms. The summed E-state index contributed by atoms with van der Waals surface area (Å²) in [6, 6.07) is 0.599. The van der Waals surface area contributed by atoms with Crippen LogP contribution in [0.25, 0.3) is 0 Å². The number of rotatable bonds is 6. The van der Waals surface area contributed by atoms with E-state index in [4.69, 9.17) is 0 Å². The normalized spacial score (nSPS) is 11.6. The summed E-state index contributed by atoms with van der Waals surface area (Å²) in [5.41, 5.74) is 0. The lowest BCUT2D eigenvalue weighted by Gasteiger charge is -2.30. The van der Waals surface area contributed by atoms with E-state index in [2.05, 4.69) is 15.5 Å². The molecule has 0 bridgehead atoms. The molecular formula is C12H23N5OS. The average Bonchev–Trinajstić information content (AvgIpc) is 2.73. The summed E-state index contributed by atoms with van der Waals surface area (Å²) >= 11 is 1.39. The van der Waals surface area contributed by atoms with Gasteiger partial charge in [-0.25, -0.2) is 4.68 Å². The van der Waals surface area contributed by atoms with Gasteiger partial charge in [0.05, 0.1) is 11.8 Å². The van der Waals surface area contributed by atoms with E-state index in [1.807, 2.05) is 46.4 Å². The Labute approximate surface area is 118 Å². The first-order valence-corrected chi connectivity index (χ1v) is 7.55. The fourth-order valence-corrected chi connectivity index (χ4v) is 2.85. The molecule has 6 nitrogen and oxygen atoms in total. The van der Waals surface area contributed by atoms with Crippen LogP contribution in [-0.2, 0) is 4.79 Å². The minimum absolute atomic E-state index is 0.119. The summed E-state index contributed by atoms with van der Waals surface area (Å²) in [6.45, 7) is 12.1. The van der Waals surface area contributed by atoms with Crippen molar-refractivity contribution in [2.24, 2.45) is 0 Å². The molecule has 0 aromatic carbocycles. The Kier molecular flexibility index (Phi) is 5.78. The third-order valence-electron chi connectivity index (χ3n) is 2.68. The molecule has 0 aliphatic rings. The second-order valence-corrected chi connectivity index (χ2v) is 6.22. The minimum atomic E-state index is 0.119. The summed E-state index contributed by atoms with van der Waals surface area (Å²) in [5, 5.41) is 12.2. The number of tetrazole rings is 1. The molecule has 1 heterocycles. The Morgan fingerprint density at radius 3 is 2.26 bits per heavy atom. The molecule has 0 aliphatic heterocycles. The molecule has 0 fully saturated rings. The van der Waals surface area contributed by atoms with Gasteiger partial charge in [0.1, 0.15) is 0 Å². The number of carbonyl (C=O) groups excluding carboxylic acids is 1. The van der Waals surface area contributed by atoms with E-state index in [-0.39, 0.29) is 24.0 Å². The minimum Gasteiger partial charge on any atom is -0.337 e. The number of amides is 1. The number of carbonyl (C=O) groups is 1. The first-order valence-electron chi connectivity index (χ1n) is 6.56. The highest BCUT2D eigenvalue weighted by Gasteiger charge is 2.21. The molecule has 0 aliphatic carbocycles. The highest BCUT2D eigenvalue weighted by Crippen LogP contribution is 2.19. The van der Waals surface area contributed by atoms with Gasteiger partial charge in [0, 0.05) is 12.1 Å². The summed E-state index contributed by atoms with van der Waals surface area (Å²) in [6.07, 6.45) is 0. The van der Waals surface area contributed by atoms with Gasteiger partial charge in [-0.3, -0.25) is 4.79 Å². The van der Waals surface area contributed by atoms with Gasteiger partial charge in [-0.05, 0) is 52.0 Å². The number of nitrogens with zero attached hydrogens (tertiary/aromatic N) is 5. The van der Waals surface area contributed by atoms with Crippen LogP contribution in [0.5, 0.6) is 0 Å². The van der Waals surface area contributed by atoms with E-state index >= 15 is 0 Å². The van der Waals surface area contributed by atoms with Gasteiger partial charge < -0.3 is 4.90 Å². The van der Waals surface area contributed by atoms with Crippen molar-refractivity contribution in [2.45, 2.75) is 64.8 Å². The third kappa shape index (κ3) is 4.19. The molecule has 1 amide bonds. The monoisotopic (exact) mass is 285 g/mol. The van der Waals surface area contributed by atoms with Crippen molar-refractivity contribution >= 4 is 17.7 Å². The molecule has 1 aromatic heterocycles. The number of thioether (sulfide) groups is 1. The zero-order chi connectivity index (χ0) is 14.6. The quantitative estimate of drug-likeness (QED) is 0.748. The molecule has 1 aromatic rings. The largest absolute Gasteiger partial charge is 0.337 e. The maximum absolute atomic E-state index is 12.2. The Morgan fingerprint density at radius 1 is 1.21 bits per heavy atom. The van der Waals surface area contributed by atoms with Gasteiger partial charge in [0.25, 0.3) is 0 Å². The maximum Gasteiger partial charge on any atom is 0.233 e. The number of hydrogen-bond acceptors (Lipinski definition) is 5. The van der Waals surface area contributed by atoms with Crippen LogP contribution in [0.3, 0.4) is 0 Å². The van der Waals surface area contributed by atoms with Crippen molar-refractivity contribution < 1.29 is 4.79 Å². The second-order valence-electron chi connectivity index (χ2n) is 5.28. The van der Waals surface area contributed by atoms with Gasteiger partial charge >= 0.3 is 0 Å². The second kappa shape index (κ2) is 6.88. The van der Waals surface area contributed by atoms with Gasteiger partial charge in [0.15, 0.2) is 0 Å². The van der Waals surface area contributed by atoms with Crippen LogP contribution in [-0.4, -0.2) is 48.9 Å². The van der Waals surface area contributed by atoms with Gasteiger partial charge in [-0.15, -0.1) is 5.10 Å². The van der Waals surface area contributed by atoms with Crippen molar-refractivity contribution in [3.63, 3.8) is 0 Å². The van der Waals surface area contributed by atoms with Crippen LogP contribution in [0.2, 0.25) is 0 Å². The topological polar surface area (TPSA) is 63.9 Å². The van der Waals surface area contributed by atoms with Gasteiger partial charge in [-0.2, -0.15) is 0 Å². The molecule has 1 rings (SSSR count). The number of hydrogen-bond donors (Lipinski definition) is 0. The molecular weight excluding hydrogens is 262 g/mol.